The summed E-state index contributed by atoms with van der Waals surface area (Å²) < 4.78 is 18.5. The van der Waals surface area contributed by atoms with Crippen LogP contribution in [0, 0.1) is 5.82 Å². The van der Waals surface area contributed by atoms with E-state index >= 15 is 0 Å². The Bertz CT molecular complexity index is 357. The average Bonchev–Trinajstić information content (AvgIpc) is 2.19. The number of halogens is 1. The molecule has 2 N–H and O–H groups in total. The highest BCUT2D eigenvalue weighted by Crippen LogP contribution is 2.24. The Kier molecular flexibility index (Phi) is 3.97. The lowest BCUT2D eigenvalue weighted by atomic mass is 9.89. The van der Waals surface area contributed by atoms with Gasteiger partial charge in [-0.1, -0.05) is 0 Å². The van der Waals surface area contributed by atoms with Crippen molar-refractivity contribution in [1.82, 2.24) is 5.32 Å². The Balaban J connectivity index is 1.76. The van der Waals surface area contributed by atoms with Gasteiger partial charge in [-0.25, -0.2) is 4.39 Å². The maximum absolute atomic E-state index is 13.0. The molecule has 1 fully saturated rings. The second-order valence-electron chi connectivity index (χ2n) is 4.44. The lowest BCUT2D eigenvalue weighted by molar-refractivity contribution is -0.0102. The van der Waals surface area contributed by atoms with E-state index in [9.17, 15) is 9.50 Å². The highest BCUT2D eigenvalue weighted by Gasteiger charge is 2.28. The molecule has 2 rings (SSSR count). The van der Waals surface area contributed by atoms with E-state index in [1.807, 2.05) is 6.92 Å². The third kappa shape index (κ3) is 3.41. The smallest absolute Gasteiger partial charge is 0.127 e. The van der Waals surface area contributed by atoms with Crippen LogP contribution in [0.5, 0.6) is 5.75 Å². The number of nitrogens with one attached hydrogen (secondary N) is 1. The second-order valence-corrected chi connectivity index (χ2v) is 4.44. The van der Waals surface area contributed by atoms with E-state index in [0.29, 0.717) is 18.7 Å². The first-order chi connectivity index (χ1) is 8.17. The van der Waals surface area contributed by atoms with Gasteiger partial charge in [0.05, 0.1) is 6.10 Å². The van der Waals surface area contributed by atoms with Crippen LogP contribution in [0.1, 0.15) is 25.3 Å². The van der Waals surface area contributed by atoms with Gasteiger partial charge < -0.3 is 15.2 Å². The van der Waals surface area contributed by atoms with Crippen molar-refractivity contribution in [2.24, 2.45) is 0 Å². The summed E-state index contributed by atoms with van der Waals surface area (Å²) >= 11 is 0. The molecule has 1 aromatic rings. The molecule has 0 radical (unpaired) electrons. The van der Waals surface area contributed by atoms with E-state index in [2.05, 4.69) is 5.32 Å². The minimum Gasteiger partial charge on any atom is -0.508 e. The molecular formula is C13H18FNO2. The van der Waals surface area contributed by atoms with E-state index in [1.54, 1.807) is 6.07 Å². The molecule has 0 spiro atoms. The number of hydrogen-bond donors (Lipinski definition) is 2. The maximum atomic E-state index is 13.0. The zero-order chi connectivity index (χ0) is 12.3. The van der Waals surface area contributed by atoms with E-state index in [-0.39, 0.29) is 5.75 Å². The molecule has 3 nitrogen and oxygen atoms in total. The van der Waals surface area contributed by atoms with Gasteiger partial charge in [0.2, 0.25) is 0 Å². The van der Waals surface area contributed by atoms with Crippen molar-refractivity contribution >= 4 is 0 Å². The maximum Gasteiger partial charge on any atom is 0.127 e. The molecule has 0 unspecified atom stereocenters. The van der Waals surface area contributed by atoms with Crippen LogP contribution in [-0.2, 0) is 11.3 Å². The average molecular weight is 239 g/mol. The van der Waals surface area contributed by atoms with Crippen LogP contribution in [-0.4, -0.2) is 23.9 Å². The Morgan fingerprint density at radius 3 is 2.82 bits per heavy atom. The van der Waals surface area contributed by atoms with Crippen molar-refractivity contribution in [3.63, 3.8) is 0 Å². The highest BCUT2D eigenvalue weighted by atomic mass is 19.1. The van der Waals surface area contributed by atoms with Crippen molar-refractivity contribution in [2.75, 3.05) is 6.61 Å². The number of phenols is 1. The van der Waals surface area contributed by atoms with Gasteiger partial charge in [0.1, 0.15) is 11.6 Å². The van der Waals surface area contributed by atoms with Crippen LogP contribution in [0.25, 0.3) is 0 Å². The molecule has 0 aromatic heterocycles. The molecule has 0 heterocycles. The second kappa shape index (κ2) is 5.47. The number of rotatable bonds is 5. The molecule has 94 valence electrons. The normalized spacial score (nSPS) is 23.4. The molecule has 0 saturated heterocycles. The first-order valence-electron chi connectivity index (χ1n) is 6.00. The summed E-state index contributed by atoms with van der Waals surface area (Å²) in [4.78, 5) is 0. The van der Waals surface area contributed by atoms with E-state index in [4.69, 9.17) is 4.74 Å². The van der Waals surface area contributed by atoms with Crippen LogP contribution in [0.4, 0.5) is 4.39 Å². The number of phenolic OH excluding ortho intramolecular Hbond substituents is 1. The summed E-state index contributed by atoms with van der Waals surface area (Å²) in [5.41, 5.74) is 0.766. The van der Waals surface area contributed by atoms with E-state index in [0.717, 1.165) is 31.1 Å². The molecule has 17 heavy (non-hydrogen) atoms. The predicted molar refractivity (Wildman–Crippen MR) is 63.3 cm³/mol. The first-order valence-corrected chi connectivity index (χ1v) is 6.00. The molecular weight excluding hydrogens is 221 g/mol. The minimum absolute atomic E-state index is 0.0254. The molecule has 0 bridgehead atoms. The number of hydrogen-bond acceptors (Lipinski definition) is 3. The van der Waals surface area contributed by atoms with Gasteiger partial charge in [0.15, 0.2) is 0 Å². The zero-order valence-corrected chi connectivity index (χ0v) is 9.95. The largest absolute Gasteiger partial charge is 0.508 e. The zero-order valence-electron chi connectivity index (χ0n) is 9.95. The Morgan fingerprint density at radius 2 is 2.18 bits per heavy atom. The standard InChI is InChI=1S/C13H18FNO2/c1-2-17-13-6-11(7-13)15-8-9-3-10(14)5-12(16)4-9/h3-5,11,13,15-16H,2,6-8H2,1H3. The molecule has 1 saturated carbocycles. The van der Waals surface area contributed by atoms with Crippen molar-refractivity contribution < 1.29 is 14.2 Å². The van der Waals surface area contributed by atoms with Gasteiger partial charge >= 0.3 is 0 Å². The van der Waals surface area contributed by atoms with Gasteiger partial charge in [0, 0.05) is 25.3 Å². The van der Waals surface area contributed by atoms with Gasteiger partial charge in [0.25, 0.3) is 0 Å². The Labute approximate surface area is 101 Å². The van der Waals surface area contributed by atoms with E-state index < -0.39 is 5.82 Å². The summed E-state index contributed by atoms with van der Waals surface area (Å²) in [5, 5.41) is 12.6. The molecule has 1 aliphatic carbocycles. The van der Waals surface area contributed by atoms with Crippen LogP contribution in [0.15, 0.2) is 18.2 Å². The lowest BCUT2D eigenvalue weighted by Crippen LogP contribution is -2.45. The van der Waals surface area contributed by atoms with Crippen molar-refractivity contribution in [3.8, 4) is 5.75 Å². The molecule has 0 amide bonds. The van der Waals surface area contributed by atoms with E-state index in [1.165, 1.54) is 6.07 Å². The molecule has 0 aliphatic heterocycles. The SMILES string of the molecule is CCOC1CC(NCc2cc(O)cc(F)c2)C1. The van der Waals surface area contributed by atoms with Crippen molar-refractivity contribution in [2.45, 2.75) is 38.5 Å². The topological polar surface area (TPSA) is 41.5 Å². The highest BCUT2D eigenvalue weighted by molar-refractivity contribution is 5.28. The third-order valence-electron chi connectivity index (χ3n) is 3.03. The van der Waals surface area contributed by atoms with Crippen LogP contribution in [0.2, 0.25) is 0 Å². The molecule has 0 atom stereocenters. The molecule has 1 aliphatic rings. The summed E-state index contributed by atoms with van der Waals surface area (Å²) in [6, 6.07) is 4.56. The van der Waals surface area contributed by atoms with Gasteiger partial charge in [-0.2, -0.15) is 0 Å². The Morgan fingerprint density at radius 1 is 1.41 bits per heavy atom. The lowest BCUT2D eigenvalue weighted by Gasteiger charge is -2.35. The van der Waals surface area contributed by atoms with Crippen LogP contribution < -0.4 is 5.32 Å². The summed E-state index contributed by atoms with van der Waals surface area (Å²) in [6.07, 6.45) is 2.39. The Hall–Kier alpha value is -1.13. The summed E-state index contributed by atoms with van der Waals surface area (Å²) in [6.45, 7) is 3.33. The number of aromatic hydroxyl groups is 1. The van der Waals surface area contributed by atoms with Gasteiger partial charge in [-0.3, -0.25) is 0 Å². The van der Waals surface area contributed by atoms with Gasteiger partial charge in [-0.15, -0.1) is 0 Å². The fourth-order valence-corrected chi connectivity index (χ4v) is 2.10. The van der Waals surface area contributed by atoms with Crippen LogP contribution >= 0.6 is 0 Å². The molecule has 1 aromatic carbocycles. The van der Waals surface area contributed by atoms with Crippen LogP contribution in [0.3, 0.4) is 0 Å². The summed E-state index contributed by atoms with van der Waals surface area (Å²) in [7, 11) is 0. The fraction of sp³-hybridized carbons (Fsp3) is 0.538. The quantitative estimate of drug-likeness (QED) is 0.827. The number of benzene rings is 1. The monoisotopic (exact) mass is 239 g/mol. The minimum atomic E-state index is -0.400. The van der Waals surface area contributed by atoms with Crippen molar-refractivity contribution in [1.29, 1.82) is 0 Å². The van der Waals surface area contributed by atoms with Gasteiger partial charge in [-0.05, 0) is 37.5 Å². The molecule has 4 heteroatoms. The first kappa shape index (κ1) is 12.3. The predicted octanol–water partition coefficient (Wildman–Crippen LogP) is 2.19. The summed E-state index contributed by atoms with van der Waals surface area (Å²) in [5.74, 6) is -0.426. The number of ether oxygens (including phenoxy) is 1. The fourth-order valence-electron chi connectivity index (χ4n) is 2.10. The third-order valence-corrected chi connectivity index (χ3v) is 3.03. The van der Waals surface area contributed by atoms with Crippen molar-refractivity contribution in [3.05, 3.63) is 29.6 Å².